The number of fused-ring (bicyclic) bond motifs is 2. The van der Waals surface area contributed by atoms with Crippen molar-refractivity contribution in [2.75, 3.05) is 0 Å². The Morgan fingerprint density at radius 2 is 1.09 bits per heavy atom. The number of phenolic OH excluding ortho intramolecular Hbond substituents is 1. The highest BCUT2D eigenvalue weighted by molar-refractivity contribution is 7.87. The minimum atomic E-state index is -5.93. The van der Waals surface area contributed by atoms with E-state index >= 15 is 0 Å². The number of benzene rings is 2. The molecule has 0 amide bonds. The largest absolute Gasteiger partial charge is 0.503 e. The summed E-state index contributed by atoms with van der Waals surface area (Å²) in [7, 11) is -5.93. The lowest BCUT2D eigenvalue weighted by Crippen LogP contribution is -2.36. The fraction of sp³-hybridized carbons (Fsp3) is 0. The monoisotopic (exact) mass is 476 g/mol. The Labute approximate surface area is 169 Å². The molecule has 0 unspecified atom stereocenters. The van der Waals surface area contributed by atoms with Gasteiger partial charge in [-0.15, -0.1) is 4.73 Å². The lowest BCUT2D eigenvalue weighted by molar-refractivity contribution is 0.171. The summed E-state index contributed by atoms with van der Waals surface area (Å²) >= 11 is 0. The maximum absolute atomic E-state index is 13.9. The van der Waals surface area contributed by atoms with Crippen LogP contribution in [0.4, 0.5) is 17.6 Å². The van der Waals surface area contributed by atoms with Crippen LogP contribution >= 0.6 is 0 Å². The number of hydrogen-bond donors (Lipinski definition) is 2. The summed E-state index contributed by atoms with van der Waals surface area (Å²) in [6, 6.07) is 1.33. The molecule has 2 heterocycles. The van der Waals surface area contributed by atoms with Gasteiger partial charge in [-0.1, -0.05) is 4.73 Å². The van der Waals surface area contributed by atoms with E-state index in [2.05, 4.69) is 4.28 Å². The quantitative estimate of drug-likeness (QED) is 0.220. The fourth-order valence-corrected chi connectivity index (χ4v) is 3.99. The Kier molecular flexibility index (Phi) is 4.20. The highest BCUT2D eigenvalue weighted by atomic mass is 32.2. The molecule has 0 saturated heterocycles. The Hall–Kier alpha value is -4.21. The molecule has 0 fully saturated rings. The predicted molar refractivity (Wildman–Crippen MR) is 93.8 cm³/mol. The molecule has 2 N–H and O–H groups in total. The van der Waals surface area contributed by atoms with Crippen LogP contribution in [0.25, 0.3) is 21.5 Å². The van der Waals surface area contributed by atoms with Crippen LogP contribution in [0.3, 0.4) is 0 Å². The maximum Gasteiger partial charge on any atom is 0.363 e. The number of aromatic hydroxyl groups is 1. The van der Waals surface area contributed by atoms with Crippen LogP contribution in [0.5, 0.6) is 5.75 Å². The zero-order chi connectivity index (χ0) is 23.9. The average molecular weight is 476 g/mol. The minimum Gasteiger partial charge on any atom is -0.503 e. The lowest BCUT2D eigenvalue weighted by atomic mass is 10.1. The van der Waals surface area contributed by atoms with Gasteiger partial charge in [0.05, 0.1) is 21.5 Å². The first kappa shape index (κ1) is 21.0. The first-order valence-electron chi connectivity index (χ1n) is 7.93. The van der Waals surface area contributed by atoms with E-state index in [-0.39, 0.29) is 4.73 Å². The lowest BCUT2D eigenvalue weighted by Gasteiger charge is -2.09. The van der Waals surface area contributed by atoms with Crippen molar-refractivity contribution in [2.45, 2.75) is 4.90 Å². The van der Waals surface area contributed by atoms with E-state index in [0.717, 1.165) is 0 Å². The van der Waals surface area contributed by atoms with Gasteiger partial charge in [0.25, 0.3) is 22.2 Å². The van der Waals surface area contributed by atoms with E-state index in [9.17, 15) is 50.4 Å². The van der Waals surface area contributed by atoms with Gasteiger partial charge in [-0.3, -0.25) is 23.5 Å². The Bertz CT molecular complexity index is 1710. The standard InChI is InChI=1S/C16H4F4N2O9S/c17-7-9(19)12(10(20)8(18)11(7)23)32(29,30)31-22-15(26)5-1-3-4(2-6(5)16(22)27)14(25)21(28)13(3)24/h1-2,23,28H. The molecule has 32 heavy (non-hydrogen) atoms. The first-order valence-corrected chi connectivity index (χ1v) is 9.34. The third kappa shape index (κ3) is 2.55. The van der Waals surface area contributed by atoms with Crippen LogP contribution in [0.1, 0.15) is 0 Å². The van der Waals surface area contributed by atoms with Crippen molar-refractivity contribution < 1.29 is 40.6 Å². The number of aromatic nitrogens is 2. The highest BCUT2D eigenvalue weighted by Gasteiger charge is 2.36. The van der Waals surface area contributed by atoms with Gasteiger partial charge in [-0.25, -0.2) is 8.78 Å². The Morgan fingerprint density at radius 3 is 1.50 bits per heavy atom. The SMILES string of the molecule is O=c1c2cc3c(=O)n(OS(=O)(=O)c4c(F)c(F)c(O)c(F)c4F)c(=O)c3cc2c(=O)n1O. The van der Waals surface area contributed by atoms with Gasteiger partial charge in [-0.05, 0) is 12.1 Å². The van der Waals surface area contributed by atoms with Crippen molar-refractivity contribution in [1.82, 2.24) is 9.46 Å². The zero-order valence-electron chi connectivity index (χ0n) is 14.7. The van der Waals surface area contributed by atoms with Crippen molar-refractivity contribution in [3.8, 4) is 5.75 Å². The van der Waals surface area contributed by atoms with Crippen molar-refractivity contribution in [3.05, 3.63) is 76.8 Å². The average Bonchev–Trinajstić information content (AvgIpc) is 3.09. The molecule has 166 valence electrons. The van der Waals surface area contributed by atoms with Crippen molar-refractivity contribution in [1.29, 1.82) is 0 Å². The summed E-state index contributed by atoms with van der Waals surface area (Å²) < 4.78 is 82.5. The summed E-state index contributed by atoms with van der Waals surface area (Å²) in [6.45, 7) is 0. The molecule has 0 aliphatic carbocycles. The number of halogens is 4. The van der Waals surface area contributed by atoms with Gasteiger partial charge in [0.15, 0.2) is 22.3 Å². The van der Waals surface area contributed by atoms with Gasteiger partial charge >= 0.3 is 10.1 Å². The van der Waals surface area contributed by atoms with E-state index in [1.165, 1.54) is 0 Å². The van der Waals surface area contributed by atoms with E-state index in [0.29, 0.717) is 12.1 Å². The molecule has 4 aromatic rings. The molecular formula is C16H4F4N2O9S. The highest BCUT2D eigenvalue weighted by Crippen LogP contribution is 2.31. The molecule has 0 spiro atoms. The normalized spacial score (nSPS) is 12.1. The van der Waals surface area contributed by atoms with E-state index in [1.807, 2.05) is 0 Å². The maximum atomic E-state index is 13.9. The van der Waals surface area contributed by atoms with Crippen LogP contribution in [-0.2, 0) is 10.1 Å². The molecule has 0 radical (unpaired) electrons. The minimum absolute atomic E-state index is 0.299. The van der Waals surface area contributed by atoms with Gasteiger partial charge in [0, 0.05) is 0 Å². The Balaban J connectivity index is 1.98. The second kappa shape index (κ2) is 6.39. The molecule has 0 bridgehead atoms. The van der Waals surface area contributed by atoms with E-state index < -0.39 is 92.5 Å². The van der Waals surface area contributed by atoms with Gasteiger partial charge in [0.1, 0.15) is 0 Å². The summed E-state index contributed by atoms with van der Waals surface area (Å²) in [6.07, 6.45) is 0. The van der Waals surface area contributed by atoms with Crippen molar-refractivity contribution in [2.24, 2.45) is 0 Å². The van der Waals surface area contributed by atoms with E-state index in [4.69, 9.17) is 5.11 Å². The van der Waals surface area contributed by atoms with Crippen LogP contribution in [0.2, 0.25) is 0 Å². The third-order valence-electron chi connectivity index (χ3n) is 4.46. The molecule has 0 aliphatic heterocycles. The van der Waals surface area contributed by atoms with Gasteiger partial charge in [-0.2, -0.15) is 17.2 Å². The van der Waals surface area contributed by atoms with Crippen molar-refractivity contribution >= 4 is 31.7 Å². The van der Waals surface area contributed by atoms with E-state index in [1.54, 1.807) is 0 Å². The Morgan fingerprint density at radius 1 is 0.719 bits per heavy atom. The van der Waals surface area contributed by atoms with Crippen LogP contribution in [-0.4, -0.2) is 28.2 Å². The van der Waals surface area contributed by atoms with Crippen molar-refractivity contribution in [3.63, 3.8) is 0 Å². The van der Waals surface area contributed by atoms with Crippen LogP contribution in [0.15, 0.2) is 36.2 Å². The fourth-order valence-electron chi connectivity index (χ4n) is 2.96. The second-order valence-corrected chi connectivity index (χ2v) is 7.70. The summed E-state index contributed by atoms with van der Waals surface area (Å²) in [5.41, 5.74) is -5.71. The molecule has 0 saturated carbocycles. The molecular weight excluding hydrogens is 472 g/mol. The van der Waals surface area contributed by atoms with Gasteiger partial charge in [0.2, 0.25) is 11.6 Å². The molecule has 0 aliphatic rings. The number of rotatable bonds is 3. The summed E-state index contributed by atoms with van der Waals surface area (Å²) in [4.78, 5) is 46.0. The number of nitrogens with zero attached hydrogens (tertiary/aromatic N) is 2. The molecule has 2 aromatic heterocycles. The number of hydrogen-bond acceptors (Lipinski definition) is 9. The molecule has 2 aromatic carbocycles. The van der Waals surface area contributed by atoms with Crippen LogP contribution < -0.4 is 26.5 Å². The second-order valence-electron chi connectivity index (χ2n) is 6.23. The molecule has 11 nitrogen and oxygen atoms in total. The summed E-state index contributed by atoms with van der Waals surface area (Å²) in [5, 5.41) is 15.8. The van der Waals surface area contributed by atoms with Gasteiger partial charge < -0.3 is 10.3 Å². The predicted octanol–water partition coefficient (Wildman–Crippen LogP) is -0.771. The number of phenols is 1. The van der Waals surface area contributed by atoms with Crippen LogP contribution in [0, 0.1) is 23.3 Å². The molecule has 4 rings (SSSR count). The zero-order valence-corrected chi connectivity index (χ0v) is 15.5. The first-order chi connectivity index (χ1) is 14.8. The molecule has 0 atom stereocenters. The summed E-state index contributed by atoms with van der Waals surface area (Å²) in [5.74, 6) is -12.3. The third-order valence-corrected chi connectivity index (χ3v) is 5.66. The topological polar surface area (TPSA) is 162 Å². The molecule has 16 heteroatoms. The smallest absolute Gasteiger partial charge is 0.363 e.